The summed E-state index contributed by atoms with van der Waals surface area (Å²) in [7, 11) is 1.62. The molecular weight excluding hydrogens is 254 g/mol. The summed E-state index contributed by atoms with van der Waals surface area (Å²) in [6, 6.07) is 6.29. The summed E-state index contributed by atoms with van der Waals surface area (Å²) < 4.78 is 0. The molecule has 2 amide bonds. The molecule has 1 atom stereocenters. The minimum atomic E-state index is -0.897. The van der Waals surface area contributed by atoms with Crippen LogP contribution >= 0.6 is 11.6 Å². The average Bonchev–Trinajstić information content (AvgIpc) is 2.27. The van der Waals surface area contributed by atoms with Crippen LogP contribution in [0.4, 0.5) is 0 Å². The quantitative estimate of drug-likeness (QED) is 0.816. The van der Waals surface area contributed by atoms with Crippen molar-refractivity contribution in [2.75, 3.05) is 7.05 Å². The zero-order valence-corrected chi connectivity index (χ0v) is 10.9. The Morgan fingerprint density at radius 1 is 1.44 bits per heavy atom. The summed E-state index contributed by atoms with van der Waals surface area (Å²) in [4.78, 5) is 24.0. The van der Waals surface area contributed by atoms with E-state index in [9.17, 15) is 9.59 Å². The molecule has 6 heteroatoms. The first kappa shape index (κ1) is 14.5. The normalized spacial score (nSPS) is 11.9. The van der Waals surface area contributed by atoms with Gasteiger partial charge in [0.15, 0.2) is 0 Å². The predicted molar refractivity (Wildman–Crippen MR) is 69.7 cm³/mol. The van der Waals surface area contributed by atoms with Gasteiger partial charge in [0.05, 0.1) is 12.5 Å². The van der Waals surface area contributed by atoms with E-state index in [0.29, 0.717) is 11.6 Å². The first-order chi connectivity index (χ1) is 8.40. The van der Waals surface area contributed by atoms with Crippen LogP contribution < -0.4 is 11.5 Å². The van der Waals surface area contributed by atoms with Crippen molar-refractivity contribution in [3.8, 4) is 0 Å². The van der Waals surface area contributed by atoms with Crippen molar-refractivity contribution in [1.29, 1.82) is 0 Å². The number of hydrogen-bond donors (Lipinski definition) is 2. The monoisotopic (exact) mass is 269 g/mol. The second-order valence-corrected chi connectivity index (χ2v) is 4.54. The maximum absolute atomic E-state index is 11.8. The van der Waals surface area contributed by atoms with Gasteiger partial charge in [0.25, 0.3) is 0 Å². The zero-order chi connectivity index (χ0) is 13.7. The fraction of sp³-hybridized carbons (Fsp3) is 0.333. The van der Waals surface area contributed by atoms with Gasteiger partial charge in [-0.25, -0.2) is 0 Å². The van der Waals surface area contributed by atoms with Gasteiger partial charge in [0.1, 0.15) is 0 Å². The molecule has 98 valence electrons. The summed E-state index contributed by atoms with van der Waals surface area (Å²) >= 11 is 5.85. The molecule has 1 rings (SSSR count). The van der Waals surface area contributed by atoms with Gasteiger partial charge >= 0.3 is 0 Å². The van der Waals surface area contributed by atoms with Crippen LogP contribution in [-0.2, 0) is 16.1 Å². The second-order valence-electron chi connectivity index (χ2n) is 4.10. The number of nitrogens with two attached hydrogens (primary N) is 2. The van der Waals surface area contributed by atoms with E-state index in [4.69, 9.17) is 23.1 Å². The van der Waals surface area contributed by atoms with Crippen LogP contribution in [0.3, 0.4) is 0 Å². The lowest BCUT2D eigenvalue weighted by Crippen LogP contribution is -2.43. The van der Waals surface area contributed by atoms with Gasteiger partial charge in [-0.1, -0.05) is 23.7 Å². The molecule has 0 radical (unpaired) electrons. The molecule has 0 aliphatic rings. The van der Waals surface area contributed by atoms with E-state index in [1.165, 1.54) is 4.90 Å². The Kier molecular flexibility index (Phi) is 5.12. The SMILES string of the molecule is CN(Cc1cccc(Cl)c1)C(=O)C(N)CC(N)=O. The van der Waals surface area contributed by atoms with Crippen LogP contribution in [0.15, 0.2) is 24.3 Å². The van der Waals surface area contributed by atoms with Gasteiger partial charge in [-0.3, -0.25) is 9.59 Å². The number of rotatable bonds is 5. The number of carbonyl (C=O) groups excluding carboxylic acids is 2. The molecule has 0 saturated carbocycles. The highest BCUT2D eigenvalue weighted by Gasteiger charge is 2.19. The van der Waals surface area contributed by atoms with Crippen molar-refractivity contribution in [3.63, 3.8) is 0 Å². The molecule has 1 aromatic rings. The van der Waals surface area contributed by atoms with Crippen molar-refractivity contribution in [2.45, 2.75) is 19.0 Å². The number of nitrogens with zero attached hydrogens (tertiary/aromatic N) is 1. The standard InChI is InChI=1S/C12H16ClN3O2/c1-16(12(18)10(14)6-11(15)17)7-8-3-2-4-9(13)5-8/h2-5,10H,6-7,14H2,1H3,(H2,15,17). The molecule has 0 fully saturated rings. The van der Waals surface area contributed by atoms with E-state index in [-0.39, 0.29) is 12.3 Å². The number of primary amides is 1. The van der Waals surface area contributed by atoms with E-state index in [1.54, 1.807) is 25.2 Å². The molecule has 1 unspecified atom stereocenters. The summed E-state index contributed by atoms with van der Waals surface area (Å²) in [5.74, 6) is -0.916. The van der Waals surface area contributed by atoms with Gasteiger partial charge in [-0.05, 0) is 17.7 Å². The van der Waals surface area contributed by atoms with Gasteiger partial charge < -0.3 is 16.4 Å². The lowest BCUT2D eigenvalue weighted by atomic mass is 10.1. The van der Waals surface area contributed by atoms with E-state index in [0.717, 1.165) is 5.56 Å². The highest BCUT2D eigenvalue weighted by molar-refractivity contribution is 6.30. The van der Waals surface area contributed by atoms with E-state index in [1.807, 2.05) is 6.07 Å². The molecule has 5 nitrogen and oxygen atoms in total. The highest BCUT2D eigenvalue weighted by atomic mass is 35.5. The first-order valence-electron chi connectivity index (χ1n) is 5.43. The molecular formula is C12H16ClN3O2. The molecule has 0 spiro atoms. The minimum Gasteiger partial charge on any atom is -0.370 e. The van der Waals surface area contributed by atoms with Crippen molar-refractivity contribution in [2.24, 2.45) is 11.5 Å². The van der Waals surface area contributed by atoms with E-state index < -0.39 is 11.9 Å². The molecule has 0 aromatic heterocycles. The van der Waals surface area contributed by atoms with Crippen molar-refractivity contribution < 1.29 is 9.59 Å². The van der Waals surface area contributed by atoms with Crippen molar-refractivity contribution in [3.05, 3.63) is 34.9 Å². The molecule has 18 heavy (non-hydrogen) atoms. The summed E-state index contributed by atoms with van der Waals surface area (Å²) in [6.07, 6.45) is -0.154. The fourth-order valence-electron chi connectivity index (χ4n) is 1.57. The van der Waals surface area contributed by atoms with Crippen LogP contribution in [0.25, 0.3) is 0 Å². The summed E-state index contributed by atoms with van der Waals surface area (Å²) in [5, 5.41) is 0.606. The predicted octanol–water partition coefficient (Wildman–Crippen LogP) is 0.501. The third-order valence-electron chi connectivity index (χ3n) is 2.42. The lowest BCUT2D eigenvalue weighted by molar-refractivity contribution is -0.133. The molecule has 0 aliphatic carbocycles. The number of carbonyl (C=O) groups is 2. The van der Waals surface area contributed by atoms with Crippen LogP contribution in [-0.4, -0.2) is 29.8 Å². The maximum Gasteiger partial charge on any atom is 0.240 e. The average molecular weight is 270 g/mol. The Labute approximate surface area is 111 Å². The van der Waals surface area contributed by atoms with Gasteiger partial charge in [0.2, 0.25) is 11.8 Å². The Morgan fingerprint density at radius 3 is 2.67 bits per heavy atom. The Balaban J connectivity index is 2.62. The number of likely N-dealkylation sites (N-methyl/N-ethyl adjacent to an activating group) is 1. The minimum absolute atomic E-state index is 0.154. The van der Waals surface area contributed by atoms with Gasteiger partial charge in [-0.15, -0.1) is 0 Å². The molecule has 1 aromatic carbocycles. The van der Waals surface area contributed by atoms with Crippen LogP contribution in [0.2, 0.25) is 5.02 Å². The molecule has 0 heterocycles. The molecule has 4 N–H and O–H groups in total. The Bertz CT molecular complexity index is 451. The number of benzene rings is 1. The van der Waals surface area contributed by atoms with Crippen molar-refractivity contribution in [1.82, 2.24) is 4.90 Å². The number of halogens is 1. The Morgan fingerprint density at radius 2 is 2.11 bits per heavy atom. The number of amides is 2. The topological polar surface area (TPSA) is 89.4 Å². The maximum atomic E-state index is 11.8. The van der Waals surface area contributed by atoms with Crippen LogP contribution in [0, 0.1) is 0 Å². The zero-order valence-electron chi connectivity index (χ0n) is 10.1. The first-order valence-corrected chi connectivity index (χ1v) is 5.81. The fourth-order valence-corrected chi connectivity index (χ4v) is 1.79. The smallest absolute Gasteiger partial charge is 0.240 e. The Hall–Kier alpha value is -1.59. The lowest BCUT2D eigenvalue weighted by Gasteiger charge is -2.20. The molecule has 0 bridgehead atoms. The van der Waals surface area contributed by atoms with Gasteiger partial charge in [0, 0.05) is 18.6 Å². The van der Waals surface area contributed by atoms with Crippen LogP contribution in [0.1, 0.15) is 12.0 Å². The van der Waals surface area contributed by atoms with Crippen molar-refractivity contribution >= 4 is 23.4 Å². The summed E-state index contributed by atoms with van der Waals surface area (Å²) in [5.41, 5.74) is 11.5. The highest BCUT2D eigenvalue weighted by Crippen LogP contribution is 2.12. The van der Waals surface area contributed by atoms with E-state index in [2.05, 4.69) is 0 Å². The molecule has 0 saturated heterocycles. The van der Waals surface area contributed by atoms with Gasteiger partial charge in [-0.2, -0.15) is 0 Å². The third-order valence-corrected chi connectivity index (χ3v) is 2.66. The summed E-state index contributed by atoms with van der Waals surface area (Å²) in [6.45, 7) is 0.381. The largest absolute Gasteiger partial charge is 0.370 e. The third kappa shape index (κ3) is 4.35. The van der Waals surface area contributed by atoms with Crippen LogP contribution in [0.5, 0.6) is 0 Å². The molecule has 0 aliphatic heterocycles. The second kappa shape index (κ2) is 6.37. The van der Waals surface area contributed by atoms with E-state index >= 15 is 0 Å². The number of hydrogen-bond acceptors (Lipinski definition) is 3.